The first-order valence-electron chi connectivity index (χ1n) is 5.58. The number of carboxylic acids is 1. The van der Waals surface area contributed by atoms with Crippen LogP contribution < -0.4 is 9.47 Å². The number of methoxy groups -OCH3 is 1. The molecule has 0 amide bonds. The molecule has 1 aromatic heterocycles. The Morgan fingerprint density at radius 2 is 2.14 bits per heavy atom. The van der Waals surface area contributed by atoms with E-state index in [0.717, 1.165) is 6.07 Å². The van der Waals surface area contributed by atoms with E-state index in [2.05, 4.69) is 10.2 Å². The molecule has 2 aromatic rings. The van der Waals surface area contributed by atoms with E-state index in [9.17, 15) is 14.9 Å². The smallest absolute Gasteiger partial charge is 0.341 e. The van der Waals surface area contributed by atoms with E-state index in [1.165, 1.54) is 31.5 Å². The molecule has 9 nitrogen and oxygen atoms in total. The summed E-state index contributed by atoms with van der Waals surface area (Å²) in [5.41, 5.74) is -0.515. The summed E-state index contributed by atoms with van der Waals surface area (Å²) in [6.45, 7) is 0. The van der Waals surface area contributed by atoms with Gasteiger partial charge in [-0.2, -0.15) is 5.10 Å². The lowest BCUT2D eigenvalue weighted by Crippen LogP contribution is -2.03. The molecule has 21 heavy (non-hydrogen) atoms. The average Bonchev–Trinajstić information content (AvgIpc) is 2.47. The fourth-order valence-electron chi connectivity index (χ4n) is 1.54. The molecule has 2 rings (SSSR count). The lowest BCUT2D eigenvalue weighted by molar-refractivity contribution is -0.385. The molecule has 0 saturated heterocycles. The van der Waals surface area contributed by atoms with Crippen molar-refractivity contribution in [3.63, 3.8) is 0 Å². The summed E-state index contributed by atoms with van der Waals surface area (Å²) >= 11 is 0. The largest absolute Gasteiger partial charge is 0.490 e. The minimum absolute atomic E-state index is 0.0468. The number of aromatic carboxylic acids is 1. The monoisotopic (exact) mass is 291 g/mol. The van der Waals surface area contributed by atoms with E-state index < -0.39 is 10.9 Å². The lowest BCUT2D eigenvalue weighted by Gasteiger charge is -2.07. The van der Waals surface area contributed by atoms with Crippen LogP contribution in [-0.2, 0) is 0 Å². The molecule has 0 aliphatic rings. The Morgan fingerprint density at radius 3 is 2.76 bits per heavy atom. The normalized spacial score (nSPS) is 9.95. The van der Waals surface area contributed by atoms with Gasteiger partial charge >= 0.3 is 11.7 Å². The molecule has 0 aliphatic heterocycles. The van der Waals surface area contributed by atoms with Gasteiger partial charge < -0.3 is 14.6 Å². The van der Waals surface area contributed by atoms with Crippen molar-refractivity contribution in [2.75, 3.05) is 7.11 Å². The van der Waals surface area contributed by atoms with Crippen LogP contribution in [0.15, 0.2) is 30.5 Å². The number of carbonyl (C=O) groups is 1. The third-order valence-electron chi connectivity index (χ3n) is 2.48. The number of nitro groups is 1. The highest BCUT2D eigenvalue weighted by Crippen LogP contribution is 2.33. The average molecular weight is 291 g/mol. The highest BCUT2D eigenvalue weighted by Gasteiger charge is 2.18. The predicted octanol–water partition coefficient (Wildman–Crippen LogP) is 1.88. The van der Waals surface area contributed by atoms with Crippen LogP contribution in [0.25, 0.3) is 0 Å². The first kappa shape index (κ1) is 14.2. The number of ether oxygens (including phenoxy) is 2. The van der Waals surface area contributed by atoms with E-state index in [1.54, 1.807) is 0 Å². The molecule has 0 fully saturated rings. The Labute approximate surface area is 117 Å². The van der Waals surface area contributed by atoms with Gasteiger partial charge in [0.15, 0.2) is 5.75 Å². The molecular weight excluding hydrogens is 282 g/mol. The summed E-state index contributed by atoms with van der Waals surface area (Å²) in [4.78, 5) is 21.3. The standard InChI is InChI=1S/C12H9N3O6/c1-20-10-3-2-7(6-9(10)15(18)19)21-11-8(12(16)17)4-5-13-14-11/h2-6H,1H3,(H,16,17). The Bertz CT molecular complexity index is 703. The molecule has 0 aliphatic carbocycles. The molecule has 0 radical (unpaired) electrons. The number of benzene rings is 1. The zero-order valence-electron chi connectivity index (χ0n) is 10.7. The maximum Gasteiger partial charge on any atom is 0.341 e. The van der Waals surface area contributed by atoms with Gasteiger partial charge in [0.05, 0.1) is 24.3 Å². The van der Waals surface area contributed by atoms with Crippen LogP contribution in [0.4, 0.5) is 5.69 Å². The number of hydrogen-bond donors (Lipinski definition) is 1. The zero-order chi connectivity index (χ0) is 15.4. The van der Waals surface area contributed by atoms with Gasteiger partial charge in [-0.05, 0) is 18.2 Å². The summed E-state index contributed by atoms with van der Waals surface area (Å²) in [6.07, 6.45) is 1.20. The van der Waals surface area contributed by atoms with Crippen molar-refractivity contribution in [3.8, 4) is 17.4 Å². The maximum absolute atomic E-state index is 11.0. The summed E-state index contributed by atoms with van der Waals surface area (Å²) in [5.74, 6) is -1.40. The molecular formula is C12H9N3O6. The third kappa shape index (κ3) is 3.03. The van der Waals surface area contributed by atoms with Crippen LogP contribution >= 0.6 is 0 Å². The number of nitro benzene ring substituents is 1. The molecule has 108 valence electrons. The van der Waals surface area contributed by atoms with Crippen LogP contribution in [0.5, 0.6) is 17.4 Å². The molecule has 0 spiro atoms. The minimum atomic E-state index is -1.25. The highest BCUT2D eigenvalue weighted by molar-refractivity contribution is 5.90. The van der Waals surface area contributed by atoms with E-state index in [-0.39, 0.29) is 28.6 Å². The van der Waals surface area contributed by atoms with E-state index in [1.807, 2.05) is 0 Å². The van der Waals surface area contributed by atoms with Crippen molar-refractivity contribution < 1.29 is 24.3 Å². The summed E-state index contributed by atoms with van der Waals surface area (Å²) in [7, 11) is 1.30. The van der Waals surface area contributed by atoms with Gasteiger partial charge in [-0.3, -0.25) is 10.1 Å². The van der Waals surface area contributed by atoms with Gasteiger partial charge in [0, 0.05) is 0 Å². The number of nitrogens with zero attached hydrogens (tertiary/aromatic N) is 3. The molecule has 9 heteroatoms. The van der Waals surface area contributed by atoms with Gasteiger partial charge in [0.2, 0.25) is 0 Å². The molecule has 0 saturated carbocycles. The van der Waals surface area contributed by atoms with Crippen molar-refractivity contribution in [3.05, 3.63) is 46.1 Å². The van der Waals surface area contributed by atoms with Gasteiger partial charge in [-0.1, -0.05) is 0 Å². The third-order valence-corrected chi connectivity index (χ3v) is 2.48. The van der Waals surface area contributed by atoms with E-state index in [0.29, 0.717) is 0 Å². The SMILES string of the molecule is COc1ccc(Oc2nnccc2C(=O)O)cc1[N+](=O)[O-]. The second-order valence-electron chi connectivity index (χ2n) is 3.75. The van der Waals surface area contributed by atoms with Gasteiger partial charge in [-0.25, -0.2) is 4.79 Å². The molecule has 0 unspecified atom stereocenters. The van der Waals surface area contributed by atoms with Crippen molar-refractivity contribution >= 4 is 11.7 Å². The van der Waals surface area contributed by atoms with Crippen molar-refractivity contribution in [2.45, 2.75) is 0 Å². The first-order chi connectivity index (χ1) is 10.0. The Hall–Kier alpha value is -3.23. The van der Waals surface area contributed by atoms with Gasteiger partial charge in [-0.15, -0.1) is 5.10 Å². The van der Waals surface area contributed by atoms with Crippen LogP contribution in [-0.4, -0.2) is 33.3 Å². The fraction of sp³-hybridized carbons (Fsp3) is 0.0833. The van der Waals surface area contributed by atoms with Crippen molar-refractivity contribution in [1.82, 2.24) is 10.2 Å². The fourth-order valence-corrected chi connectivity index (χ4v) is 1.54. The zero-order valence-corrected chi connectivity index (χ0v) is 10.7. The van der Waals surface area contributed by atoms with E-state index >= 15 is 0 Å². The second-order valence-corrected chi connectivity index (χ2v) is 3.75. The number of aromatic nitrogens is 2. The van der Waals surface area contributed by atoms with Crippen LogP contribution in [0, 0.1) is 10.1 Å². The first-order valence-corrected chi connectivity index (χ1v) is 5.58. The molecule has 0 bridgehead atoms. The number of hydrogen-bond acceptors (Lipinski definition) is 7. The Morgan fingerprint density at radius 1 is 1.38 bits per heavy atom. The summed E-state index contributed by atoms with van der Waals surface area (Å²) < 4.78 is 10.1. The maximum atomic E-state index is 11.0. The van der Waals surface area contributed by atoms with Crippen molar-refractivity contribution in [1.29, 1.82) is 0 Å². The summed E-state index contributed by atoms with van der Waals surface area (Å²) in [6, 6.07) is 5.05. The molecule has 0 atom stereocenters. The van der Waals surface area contributed by atoms with Crippen LogP contribution in [0.2, 0.25) is 0 Å². The van der Waals surface area contributed by atoms with Gasteiger partial charge in [0.25, 0.3) is 5.88 Å². The topological polar surface area (TPSA) is 125 Å². The summed E-state index contributed by atoms with van der Waals surface area (Å²) in [5, 5.41) is 27.0. The van der Waals surface area contributed by atoms with Gasteiger partial charge in [0.1, 0.15) is 11.3 Å². The van der Waals surface area contributed by atoms with Crippen LogP contribution in [0.1, 0.15) is 10.4 Å². The predicted molar refractivity (Wildman–Crippen MR) is 68.7 cm³/mol. The molecule has 1 N–H and O–H groups in total. The van der Waals surface area contributed by atoms with Crippen LogP contribution in [0.3, 0.4) is 0 Å². The Balaban J connectivity index is 2.39. The number of rotatable bonds is 5. The van der Waals surface area contributed by atoms with E-state index in [4.69, 9.17) is 14.6 Å². The molecule has 1 heterocycles. The Kier molecular flexibility index (Phi) is 3.93. The lowest BCUT2D eigenvalue weighted by atomic mass is 10.2. The quantitative estimate of drug-likeness (QED) is 0.653. The molecule has 1 aromatic carbocycles. The second kappa shape index (κ2) is 5.82. The minimum Gasteiger partial charge on any atom is -0.490 e. The van der Waals surface area contributed by atoms with Crippen molar-refractivity contribution in [2.24, 2.45) is 0 Å². The number of carboxylic acid groups (broad SMARTS) is 1. The highest BCUT2D eigenvalue weighted by atomic mass is 16.6.